The Morgan fingerprint density at radius 1 is 1.50 bits per heavy atom. The highest BCUT2D eigenvalue weighted by molar-refractivity contribution is 5.38. The maximum absolute atomic E-state index is 9.63. The predicted molar refractivity (Wildman–Crippen MR) is 43.5 cm³/mol. The standard InChI is InChI=1S/C9H9O3/c1-8-3-2-4-9(5-8)12-7-11-6-10/h2-5H,7H2,1H3. The van der Waals surface area contributed by atoms with E-state index in [1.165, 1.54) is 6.47 Å². The van der Waals surface area contributed by atoms with Crippen LogP contribution >= 0.6 is 0 Å². The molecule has 0 amide bonds. The van der Waals surface area contributed by atoms with E-state index in [2.05, 4.69) is 4.74 Å². The third-order valence-corrected chi connectivity index (χ3v) is 1.33. The summed E-state index contributed by atoms with van der Waals surface area (Å²) in [5, 5.41) is 0. The van der Waals surface area contributed by atoms with E-state index < -0.39 is 0 Å². The van der Waals surface area contributed by atoms with E-state index in [0.717, 1.165) is 5.56 Å². The van der Waals surface area contributed by atoms with Gasteiger partial charge in [0.2, 0.25) is 6.79 Å². The van der Waals surface area contributed by atoms with Crippen LogP contribution in [-0.4, -0.2) is 13.3 Å². The van der Waals surface area contributed by atoms with E-state index in [1.807, 2.05) is 25.1 Å². The van der Waals surface area contributed by atoms with Crippen LogP contribution in [0.2, 0.25) is 0 Å². The fourth-order valence-electron chi connectivity index (χ4n) is 0.827. The number of ether oxygens (including phenoxy) is 2. The van der Waals surface area contributed by atoms with Crippen LogP contribution in [0.15, 0.2) is 24.3 Å². The SMILES string of the molecule is Cc1cccc(OCO[C]=O)c1. The summed E-state index contributed by atoms with van der Waals surface area (Å²) >= 11 is 0. The maximum atomic E-state index is 9.63. The van der Waals surface area contributed by atoms with Crippen LogP contribution in [0, 0.1) is 6.92 Å². The van der Waals surface area contributed by atoms with E-state index in [4.69, 9.17) is 4.74 Å². The summed E-state index contributed by atoms with van der Waals surface area (Å²) in [5.41, 5.74) is 1.10. The summed E-state index contributed by atoms with van der Waals surface area (Å²) in [4.78, 5) is 9.63. The number of hydrogen-bond acceptors (Lipinski definition) is 3. The molecule has 12 heavy (non-hydrogen) atoms. The normalized spacial score (nSPS) is 9.08. The van der Waals surface area contributed by atoms with Crippen molar-refractivity contribution in [3.05, 3.63) is 29.8 Å². The van der Waals surface area contributed by atoms with Gasteiger partial charge in [0.25, 0.3) is 0 Å². The van der Waals surface area contributed by atoms with Gasteiger partial charge in [-0.3, -0.25) is 0 Å². The van der Waals surface area contributed by atoms with Crippen molar-refractivity contribution in [1.29, 1.82) is 0 Å². The third-order valence-electron chi connectivity index (χ3n) is 1.33. The van der Waals surface area contributed by atoms with Crippen molar-refractivity contribution in [1.82, 2.24) is 0 Å². The second-order valence-electron chi connectivity index (χ2n) is 2.31. The Morgan fingerprint density at radius 2 is 2.33 bits per heavy atom. The van der Waals surface area contributed by atoms with Crippen molar-refractivity contribution < 1.29 is 14.3 Å². The van der Waals surface area contributed by atoms with E-state index >= 15 is 0 Å². The number of aryl methyl sites for hydroxylation is 1. The van der Waals surface area contributed by atoms with Gasteiger partial charge in [-0.15, -0.1) is 0 Å². The number of carbonyl (C=O) groups excluding carboxylic acids is 1. The molecule has 0 spiro atoms. The van der Waals surface area contributed by atoms with Crippen LogP contribution in [0.4, 0.5) is 0 Å². The zero-order chi connectivity index (χ0) is 8.81. The van der Waals surface area contributed by atoms with Gasteiger partial charge in [0.05, 0.1) is 0 Å². The second kappa shape index (κ2) is 4.38. The molecule has 3 nitrogen and oxygen atoms in total. The minimum atomic E-state index is -0.0903. The Labute approximate surface area is 70.9 Å². The number of rotatable bonds is 4. The van der Waals surface area contributed by atoms with Crippen LogP contribution in [0.3, 0.4) is 0 Å². The molecule has 63 valence electrons. The van der Waals surface area contributed by atoms with Gasteiger partial charge >= 0.3 is 6.47 Å². The third kappa shape index (κ3) is 2.62. The molecule has 0 aliphatic rings. The van der Waals surface area contributed by atoms with Crippen LogP contribution in [0.25, 0.3) is 0 Å². The lowest BCUT2D eigenvalue weighted by molar-refractivity contribution is 0.104. The first-order chi connectivity index (χ1) is 5.83. The molecule has 1 radical (unpaired) electrons. The van der Waals surface area contributed by atoms with Crippen molar-refractivity contribution in [3.63, 3.8) is 0 Å². The summed E-state index contributed by atoms with van der Waals surface area (Å²) in [7, 11) is 0. The van der Waals surface area contributed by atoms with E-state index in [0.29, 0.717) is 5.75 Å². The second-order valence-corrected chi connectivity index (χ2v) is 2.31. The molecular weight excluding hydrogens is 156 g/mol. The monoisotopic (exact) mass is 165 g/mol. The summed E-state index contributed by atoms with van der Waals surface area (Å²) in [6.07, 6.45) is 0. The molecule has 0 aromatic heterocycles. The zero-order valence-corrected chi connectivity index (χ0v) is 6.74. The van der Waals surface area contributed by atoms with Crippen molar-refractivity contribution in [2.24, 2.45) is 0 Å². The van der Waals surface area contributed by atoms with Gasteiger partial charge in [-0.05, 0) is 24.6 Å². The Kier molecular flexibility index (Phi) is 3.14. The first-order valence-corrected chi connectivity index (χ1v) is 3.51. The van der Waals surface area contributed by atoms with E-state index in [-0.39, 0.29) is 6.79 Å². The summed E-state index contributed by atoms with van der Waals surface area (Å²) in [6, 6.07) is 7.48. The van der Waals surface area contributed by atoms with Crippen molar-refractivity contribution in [2.75, 3.05) is 6.79 Å². The Bertz CT molecular complexity index is 258. The molecule has 3 heteroatoms. The van der Waals surface area contributed by atoms with Gasteiger partial charge in [-0.1, -0.05) is 12.1 Å². The van der Waals surface area contributed by atoms with Gasteiger partial charge in [-0.25, -0.2) is 4.79 Å². The number of benzene rings is 1. The first-order valence-electron chi connectivity index (χ1n) is 3.51. The van der Waals surface area contributed by atoms with E-state index in [9.17, 15) is 4.79 Å². The zero-order valence-electron chi connectivity index (χ0n) is 6.74. The predicted octanol–water partition coefficient (Wildman–Crippen LogP) is 1.42. The minimum Gasteiger partial charge on any atom is -0.457 e. The van der Waals surface area contributed by atoms with Crippen LogP contribution in [0.1, 0.15) is 5.56 Å². The van der Waals surface area contributed by atoms with Crippen molar-refractivity contribution in [3.8, 4) is 5.75 Å². The Morgan fingerprint density at radius 3 is 3.00 bits per heavy atom. The van der Waals surface area contributed by atoms with Crippen LogP contribution in [0.5, 0.6) is 5.75 Å². The Hall–Kier alpha value is -1.51. The number of hydrogen-bond donors (Lipinski definition) is 0. The van der Waals surface area contributed by atoms with Gasteiger partial charge in [-0.2, -0.15) is 0 Å². The average Bonchev–Trinajstić information content (AvgIpc) is 2.05. The van der Waals surface area contributed by atoms with Gasteiger partial charge in [0.15, 0.2) is 0 Å². The van der Waals surface area contributed by atoms with Crippen molar-refractivity contribution >= 4 is 6.47 Å². The van der Waals surface area contributed by atoms with Gasteiger partial charge in [0.1, 0.15) is 5.75 Å². The summed E-state index contributed by atoms with van der Waals surface area (Å²) < 4.78 is 9.29. The molecular formula is C9H9O3. The lowest BCUT2D eigenvalue weighted by atomic mass is 10.2. The van der Waals surface area contributed by atoms with Crippen molar-refractivity contribution in [2.45, 2.75) is 6.92 Å². The topological polar surface area (TPSA) is 35.5 Å². The molecule has 0 saturated carbocycles. The highest BCUT2D eigenvalue weighted by Crippen LogP contribution is 2.11. The fourth-order valence-corrected chi connectivity index (χ4v) is 0.827. The molecule has 0 atom stereocenters. The quantitative estimate of drug-likeness (QED) is 0.500. The molecule has 0 N–H and O–H groups in total. The molecule has 0 unspecified atom stereocenters. The molecule has 1 rings (SSSR count). The summed E-state index contributed by atoms with van der Waals surface area (Å²) in [6.45, 7) is 3.15. The summed E-state index contributed by atoms with van der Waals surface area (Å²) in [5.74, 6) is 0.685. The largest absolute Gasteiger partial charge is 0.457 e. The maximum Gasteiger partial charge on any atom is 0.420 e. The highest BCUT2D eigenvalue weighted by Gasteiger charge is 1.92. The molecule has 1 aromatic carbocycles. The Balaban J connectivity index is 2.46. The van der Waals surface area contributed by atoms with Crippen LogP contribution in [-0.2, 0) is 9.53 Å². The molecule has 0 saturated heterocycles. The highest BCUT2D eigenvalue weighted by atomic mass is 16.7. The van der Waals surface area contributed by atoms with Gasteiger partial charge < -0.3 is 9.47 Å². The minimum absolute atomic E-state index is 0.0903. The molecule has 0 bridgehead atoms. The van der Waals surface area contributed by atoms with E-state index in [1.54, 1.807) is 6.07 Å². The lowest BCUT2D eigenvalue weighted by Gasteiger charge is -2.03. The molecule has 0 aliphatic heterocycles. The smallest absolute Gasteiger partial charge is 0.420 e. The molecule has 1 aromatic rings. The average molecular weight is 165 g/mol. The van der Waals surface area contributed by atoms with Crippen LogP contribution < -0.4 is 4.74 Å². The lowest BCUT2D eigenvalue weighted by Crippen LogP contribution is -2.00. The molecule has 0 aliphatic carbocycles. The fraction of sp³-hybridized carbons (Fsp3) is 0.222. The first kappa shape index (κ1) is 8.59. The molecule has 0 heterocycles. The van der Waals surface area contributed by atoms with Gasteiger partial charge in [0, 0.05) is 0 Å². The molecule has 0 fully saturated rings.